The van der Waals surface area contributed by atoms with E-state index in [1.165, 1.54) is 11.1 Å². The molecule has 0 atom stereocenters. The maximum absolute atomic E-state index is 5.30. The number of ether oxygens (including phenoxy) is 1. The number of methoxy groups -OCH3 is 1. The van der Waals surface area contributed by atoms with Crippen molar-refractivity contribution in [3.8, 4) is 5.75 Å². The topological polar surface area (TPSA) is 12.5 Å². The molecule has 1 aromatic rings. The Bertz CT molecular complexity index is 295. The highest BCUT2D eigenvalue weighted by molar-refractivity contribution is 5.41. The molecule has 2 rings (SSSR count). The van der Waals surface area contributed by atoms with Crippen molar-refractivity contribution in [2.45, 2.75) is 13.0 Å². The van der Waals surface area contributed by atoms with Crippen LogP contribution in [0.3, 0.4) is 0 Å². The summed E-state index contributed by atoms with van der Waals surface area (Å²) in [7, 11) is 3.86. The van der Waals surface area contributed by atoms with Crippen LogP contribution in [0.2, 0.25) is 0 Å². The number of hydrogen-bond acceptors (Lipinski definition) is 2. The van der Waals surface area contributed by atoms with Gasteiger partial charge in [-0.15, -0.1) is 0 Å². The lowest BCUT2D eigenvalue weighted by molar-refractivity contribution is 0.302. The molecule has 0 saturated heterocycles. The van der Waals surface area contributed by atoms with E-state index in [-0.39, 0.29) is 0 Å². The molecular weight excluding hydrogens is 162 g/mol. The van der Waals surface area contributed by atoms with Crippen LogP contribution < -0.4 is 4.74 Å². The van der Waals surface area contributed by atoms with E-state index >= 15 is 0 Å². The highest BCUT2D eigenvalue weighted by Gasteiger charge is 2.16. The van der Waals surface area contributed by atoms with Gasteiger partial charge in [0, 0.05) is 18.7 Å². The third kappa shape index (κ3) is 1.54. The van der Waals surface area contributed by atoms with E-state index < -0.39 is 0 Å². The van der Waals surface area contributed by atoms with Crippen molar-refractivity contribution in [1.29, 1.82) is 0 Å². The summed E-state index contributed by atoms with van der Waals surface area (Å²) in [6.07, 6.45) is 1.11. The van der Waals surface area contributed by atoms with Crippen LogP contribution in [0.4, 0.5) is 0 Å². The molecule has 2 nitrogen and oxygen atoms in total. The second kappa shape index (κ2) is 3.38. The zero-order valence-electron chi connectivity index (χ0n) is 8.13. The van der Waals surface area contributed by atoms with E-state index in [2.05, 4.69) is 24.1 Å². The molecule has 1 aliphatic rings. The van der Waals surface area contributed by atoms with Crippen molar-refractivity contribution < 1.29 is 4.74 Å². The summed E-state index contributed by atoms with van der Waals surface area (Å²) in [6, 6.07) is 7.10. The van der Waals surface area contributed by atoms with Gasteiger partial charge in [0.2, 0.25) is 0 Å². The average molecular weight is 176 g/mol. The van der Waals surface area contributed by atoms with Gasteiger partial charge < -0.3 is 9.64 Å². The van der Waals surface area contributed by atoms with Crippen LogP contribution >= 0.6 is 0 Å². The molecule has 0 fully saturated rings. The summed E-state index contributed by atoms with van der Waals surface area (Å²) in [6.45, 7) is 2.13. The number of rotatable bonds is 1. The molecule has 0 unspecified atom stereocenters. The van der Waals surface area contributed by atoms with E-state index in [4.69, 9.17) is 4.74 Å². The molecule has 0 aromatic heterocycles. The van der Waals surface area contributed by atoms with Crippen LogP contribution in [0.5, 0.6) is 5.75 Å². The van der Waals surface area contributed by atoms with Gasteiger partial charge in [0.15, 0.2) is 0 Å². The fraction of sp³-hybridized carbons (Fsp3) is 0.455. The fourth-order valence-electron chi connectivity index (χ4n) is 1.80. The van der Waals surface area contributed by atoms with E-state index in [0.717, 1.165) is 25.3 Å². The molecule has 1 heterocycles. The molecule has 0 bridgehead atoms. The van der Waals surface area contributed by atoms with Gasteiger partial charge in [0.1, 0.15) is 5.75 Å². The molecule has 0 amide bonds. The lowest BCUT2D eigenvalue weighted by Gasteiger charge is -2.26. The quantitative estimate of drug-likeness (QED) is 0.642. The zero-order chi connectivity index (χ0) is 9.26. The number of nitrogens with zero attached hydrogens (tertiary/aromatic N) is 1. The van der Waals surface area contributed by atoms with Crippen LogP contribution in [0, 0.1) is 6.07 Å². The Hall–Kier alpha value is -1.02. The molecule has 0 N–H and O–H groups in total. The van der Waals surface area contributed by atoms with Gasteiger partial charge in [-0.2, -0.15) is 0 Å². The second-order valence-corrected chi connectivity index (χ2v) is 3.52. The molecule has 1 radical (unpaired) electrons. The number of benzene rings is 1. The monoisotopic (exact) mass is 176 g/mol. The molecule has 2 heteroatoms. The van der Waals surface area contributed by atoms with Crippen LogP contribution in [-0.4, -0.2) is 25.6 Å². The SMILES string of the molecule is COc1c[c]cc2c1CN(C)CC2. The van der Waals surface area contributed by atoms with Gasteiger partial charge in [-0.25, -0.2) is 0 Å². The standard InChI is InChI=1S/C11H14NO/c1-12-7-6-9-4-3-5-11(13-2)10(9)8-12/h4-5H,6-8H2,1-2H3. The second-order valence-electron chi connectivity index (χ2n) is 3.52. The van der Waals surface area contributed by atoms with Gasteiger partial charge in [0.05, 0.1) is 7.11 Å². The molecule has 1 aromatic carbocycles. The van der Waals surface area contributed by atoms with E-state index in [0.29, 0.717) is 0 Å². The number of likely N-dealkylation sites (N-methyl/N-ethyl adjacent to an activating group) is 1. The summed E-state index contributed by atoms with van der Waals surface area (Å²) in [5.74, 6) is 0.976. The summed E-state index contributed by atoms with van der Waals surface area (Å²) in [5, 5.41) is 0. The van der Waals surface area contributed by atoms with Gasteiger partial charge in [-0.05, 0) is 31.2 Å². The Morgan fingerprint density at radius 3 is 3.08 bits per heavy atom. The first-order valence-electron chi connectivity index (χ1n) is 4.55. The largest absolute Gasteiger partial charge is 0.496 e. The van der Waals surface area contributed by atoms with E-state index in [9.17, 15) is 0 Å². The Kier molecular flexibility index (Phi) is 2.23. The summed E-state index contributed by atoms with van der Waals surface area (Å²) in [4.78, 5) is 2.31. The lowest BCUT2D eigenvalue weighted by Crippen LogP contribution is -2.26. The summed E-state index contributed by atoms with van der Waals surface area (Å²) in [5.41, 5.74) is 2.72. The summed E-state index contributed by atoms with van der Waals surface area (Å²) < 4.78 is 5.30. The van der Waals surface area contributed by atoms with Crippen LogP contribution in [0.15, 0.2) is 12.1 Å². The van der Waals surface area contributed by atoms with Crippen LogP contribution in [-0.2, 0) is 13.0 Å². The smallest absolute Gasteiger partial charge is 0.124 e. The Morgan fingerprint density at radius 1 is 1.46 bits per heavy atom. The minimum absolute atomic E-state index is 0.976. The maximum atomic E-state index is 5.30. The first-order valence-corrected chi connectivity index (χ1v) is 4.55. The molecule has 0 aliphatic carbocycles. The molecule has 0 spiro atoms. The zero-order valence-corrected chi connectivity index (χ0v) is 8.13. The minimum Gasteiger partial charge on any atom is -0.496 e. The highest BCUT2D eigenvalue weighted by Crippen LogP contribution is 2.26. The van der Waals surface area contributed by atoms with Crippen molar-refractivity contribution in [2.75, 3.05) is 20.7 Å². The van der Waals surface area contributed by atoms with Gasteiger partial charge in [-0.3, -0.25) is 0 Å². The molecular formula is C11H14NO. The number of hydrogen-bond donors (Lipinski definition) is 0. The summed E-state index contributed by atoms with van der Waals surface area (Å²) >= 11 is 0. The first kappa shape index (κ1) is 8.57. The van der Waals surface area contributed by atoms with Crippen molar-refractivity contribution in [3.63, 3.8) is 0 Å². The predicted molar refractivity (Wildman–Crippen MR) is 51.9 cm³/mol. The average Bonchev–Trinajstić information content (AvgIpc) is 2.17. The molecule has 13 heavy (non-hydrogen) atoms. The van der Waals surface area contributed by atoms with Gasteiger partial charge >= 0.3 is 0 Å². The van der Waals surface area contributed by atoms with Crippen LogP contribution in [0.1, 0.15) is 11.1 Å². The Labute approximate surface area is 79.1 Å². The normalized spacial score (nSPS) is 16.8. The van der Waals surface area contributed by atoms with Crippen LogP contribution in [0.25, 0.3) is 0 Å². The number of fused-ring (bicyclic) bond motifs is 1. The van der Waals surface area contributed by atoms with E-state index in [1.54, 1.807) is 7.11 Å². The van der Waals surface area contributed by atoms with Gasteiger partial charge in [-0.1, -0.05) is 6.07 Å². The van der Waals surface area contributed by atoms with E-state index in [1.807, 2.05) is 6.07 Å². The van der Waals surface area contributed by atoms with Crippen molar-refractivity contribution >= 4 is 0 Å². The molecule has 0 saturated carbocycles. The Balaban J connectivity index is 2.41. The third-order valence-electron chi connectivity index (χ3n) is 2.57. The van der Waals surface area contributed by atoms with Crippen molar-refractivity contribution in [1.82, 2.24) is 4.90 Å². The lowest BCUT2D eigenvalue weighted by atomic mass is 9.99. The molecule has 1 aliphatic heterocycles. The fourth-order valence-corrected chi connectivity index (χ4v) is 1.80. The third-order valence-corrected chi connectivity index (χ3v) is 2.57. The first-order chi connectivity index (χ1) is 6.31. The predicted octanol–water partition coefficient (Wildman–Crippen LogP) is 1.48. The minimum atomic E-state index is 0.976. The van der Waals surface area contributed by atoms with Crippen molar-refractivity contribution in [3.05, 3.63) is 29.3 Å². The Morgan fingerprint density at radius 2 is 2.31 bits per heavy atom. The highest BCUT2D eigenvalue weighted by atomic mass is 16.5. The van der Waals surface area contributed by atoms with Crippen molar-refractivity contribution in [2.24, 2.45) is 0 Å². The molecule has 69 valence electrons. The van der Waals surface area contributed by atoms with Gasteiger partial charge in [0.25, 0.3) is 0 Å². The maximum Gasteiger partial charge on any atom is 0.124 e.